The predicted molar refractivity (Wildman–Crippen MR) is 106 cm³/mol. The van der Waals surface area contributed by atoms with E-state index in [4.69, 9.17) is 0 Å². The van der Waals surface area contributed by atoms with Gasteiger partial charge in [-0.2, -0.15) is 0 Å². The number of nitrogens with one attached hydrogen (secondary N) is 2. The summed E-state index contributed by atoms with van der Waals surface area (Å²) in [6.45, 7) is 1.04. The van der Waals surface area contributed by atoms with Crippen LogP contribution in [0, 0.1) is 0 Å². The molecule has 2 aromatic carbocycles. The smallest absolute Gasteiger partial charge is 0.252 e. The molecule has 1 aliphatic heterocycles. The van der Waals surface area contributed by atoms with E-state index in [9.17, 15) is 18.3 Å². The summed E-state index contributed by atoms with van der Waals surface area (Å²) in [6, 6.07) is 15.2. The molecule has 27 heavy (non-hydrogen) atoms. The van der Waals surface area contributed by atoms with E-state index in [0.29, 0.717) is 25.1 Å². The number of aliphatic hydroxyl groups excluding tert-OH is 1. The van der Waals surface area contributed by atoms with Crippen LogP contribution >= 0.6 is 12.4 Å². The number of piperidine rings is 1. The fraction of sp³-hybridized carbons (Fsp3) is 0.316. The van der Waals surface area contributed by atoms with Gasteiger partial charge in [-0.25, -0.2) is 8.42 Å². The number of halogens is 1. The maximum Gasteiger partial charge on any atom is 0.252 e. The van der Waals surface area contributed by atoms with Gasteiger partial charge in [0.15, 0.2) is 9.84 Å². The molecule has 0 saturated carbocycles. The molecule has 0 aromatic heterocycles. The highest BCUT2D eigenvalue weighted by Gasteiger charge is 2.42. The van der Waals surface area contributed by atoms with Gasteiger partial charge in [0.1, 0.15) is 0 Å². The molecular formula is C19H23ClN2O4S. The number of amides is 1. The van der Waals surface area contributed by atoms with Crippen LogP contribution in [0.2, 0.25) is 0 Å². The van der Waals surface area contributed by atoms with E-state index in [-0.39, 0.29) is 23.2 Å². The highest BCUT2D eigenvalue weighted by molar-refractivity contribution is 7.90. The Labute approximate surface area is 165 Å². The Kier molecular flexibility index (Phi) is 6.64. The zero-order chi connectivity index (χ0) is 18.8. The molecule has 1 amide bonds. The van der Waals surface area contributed by atoms with E-state index in [2.05, 4.69) is 10.6 Å². The van der Waals surface area contributed by atoms with Crippen molar-refractivity contribution < 1.29 is 18.3 Å². The first-order chi connectivity index (χ1) is 12.3. The first-order valence-electron chi connectivity index (χ1n) is 8.40. The van der Waals surface area contributed by atoms with Crippen molar-refractivity contribution in [3.05, 3.63) is 65.7 Å². The molecule has 2 atom stereocenters. The number of benzene rings is 2. The predicted octanol–water partition coefficient (Wildman–Crippen LogP) is 1.49. The molecule has 1 heterocycles. The van der Waals surface area contributed by atoms with E-state index < -0.39 is 21.5 Å². The average Bonchev–Trinajstić information content (AvgIpc) is 2.64. The van der Waals surface area contributed by atoms with Crippen LogP contribution in [-0.4, -0.2) is 44.9 Å². The van der Waals surface area contributed by atoms with Crippen LogP contribution in [-0.2, 0) is 15.4 Å². The van der Waals surface area contributed by atoms with Crippen LogP contribution < -0.4 is 10.6 Å². The first-order valence-corrected chi connectivity index (χ1v) is 10.3. The summed E-state index contributed by atoms with van der Waals surface area (Å²) in [5.41, 5.74) is 0.299. The van der Waals surface area contributed by atoms with Crippen LogP contribution in [0.25, 0.3) is 0 Å². The summed E-state index contributed by atoms with van der Waals surface area (Å²) < 4.78 is 23.1. The molecule has 3 rings (SSSR count). The minimum atomic E-state index is -3.32. The number of β-amino-alcohol motifs (C(OH)–C–C–N with tert-alkyl or cyclic N) is 1. The molecule has 0 unspecified atom stereocenters. The molecule has 0 aliphatic carbocycles. The van der Waals surface area contributed by atoms with Crippen molar-refractivity contribution in [2.45, 2.75) is 23.0 Å². The number of carbonyl (C=O) groups is 1. The molecule has 8 heteroatoms. The third-order valence-corrected chi connectivity index (χ3v) is 5.90. The van der Waals surface area contributed by atoms with Crippen molar-refractivity contribution in [1.82, 2.24) is 10.6 Å². The summed E-state index contributed by atoms with van der Waals surface area (Å²) in [6.07, 6.45) is 0.890. The minimum Gasteiger partial charge on any atom is -0.389 e. The zero-order valence-corrected chi connectivity index (χ0v) is 16.5. The van der Waals surface area contributed by atoms with Crippen LogP contribution in [0.5, 0.6) is 0 Å². The Bertz CT molecular complexity index is 888. The second-order valence-corrected chi connectivity index (χ2v) is 8.57. The summed E-state index contributed by atoms with van der Waals surface area (Å²) in [5, 5.41) is 16.8. The van der Waals surface area contributed by atoms with E-state index in [0.717, 1.165) is 11.8 Å². The lowest BCUT2D eigenvalue weighted by Gasteiger charge is -2.43. The van der Waals surface area contributed by atoms with Crippen molar-refractivity contribution in [1.29, 1.82) is 0 Å². The number of aliphatic hydroxyl groups is 1. The van der Waals surface area contributed by atoms with Gasteiger partial charge < -0.3 is 15.7 Å². The summed E-state index contributed by atoms with van der Waals surface area (Å²) in [7, 11) is -3.32. The summed E-state index contributed by atoms with van der Waals surface area (Å²) in [4.78, 5) is 13.0. The van der Waals surface area contributed by atoms with Crippen molar-refractivity contribution in [2.24, 2.45) is 0 Å². The molecular weight excluding hydrogens is 388 g/mol. The molecule has 1 aliphatic rings. The van der Waals surface area contributed by atoms with E-state index in [1.807, 2.05) is 30.3 Å². The Morgan fingerprint density at radius 1 is 1.15 bits per heavy atom. The lowest BCUT2D eigenvalue weighted by atomic mass is 9.79. The fourth-order valence-electron chi connectivity index (χ4n) is 3.28. The monoisotopic (exact) mass is 410 g/mol. The van der Waals surface area contributed by atoms with Gasteiger partial charge in [0.25, 0.3) is 5.91 Å². The topological polar surface area (TPSA) is 95.5 Å². The third kappa shape index (κ3) is 4.50. The summed E-state index contributed by atoms with van der Waals surface area (Å²) >= 11 is 0. The fourth-order valence-corrected chi connectivity index (χ4v) is 3.91. The quantitative estimate of drug-likeness (QED) is 0.709. The standard InChI is InChI=1S/C19H22N2O4S.ClH/c1-26(24,25)16-9-7-14(8-10-16)18(23)21-19(11-12-20-13-17(19)22)15-5-3-2-4-6-15;/h2-10,17,20,22H,11-13H2,1H3,(H,21,23);1H/t17-,19-;/m1./s1. The SMILES string of the molecule is CS(=O)(=O)c1ccc(C(=O)N[C@@]2(c3ccccc3)CCNC[C@H]2O)cc1.Cl. The Hall–Kier alpha value is -1.93. The lowest BCUT2D eigenvalue weighted by molar-refractivity contribution is 0.0289. The number of hydrogen-bond acceptors (Lipinski definition) is 5. The number of sulfone groups is 1. The molecule has 6 nitrogen and oxygen atoms in total. The van der Waals surface area contributed by atoms with Crippen molar-refractivity contribution >= 4 is 28.2 Å². The van der Waals surface area contributed by atoms with Crippen LogP contribution in [0.4, 0.5) is 0 Å². The molecule has 3 N–H and O–H groups in total. The lowest BCUT2D eigenvalue weighted by Crippen LogP contribution is -2.61. The van der Waals surface area contributed by atoms with Crippen LogP contribution in [0.15, 0.2) is 59.5 Å². The van der Waals surface area contributed by atoms with Gasteiger partial charge in [-0.1, -0.05) is 30.3 Å². The molecule has 0 radical (unpaired) electrons. The van der Waals surface area contributed by atoms with Crippen LogP contribution in [0.3, 0.4) is 0 Å². The number of hydrogen-bond donors (Lipinski definition) is 3. The van der Waals surface area contributed by atoms with Gasteiger partial charge >= 0.3 is 0 Å². The van der Waals surface area contributed by atoms with E-state index in [1.165, 1.54) is 24.3 Å². The van der Waals surface area contributed by atoms with E-state index >= 15 is 0 Å². The largest absolute Gasteiger partial charge is 0.389 e. The van der Waals surface area contributed by atoms with Crippen molar-refractivity contribution in [2.75, 3.05) is 19.3 Å². The number of carbonyl (C=O) groups excluding carboxylic acids is 1. The van der Waals surface area contributed by atoms with Gasteiger partial charge in [-0.3, -0.25) is 4.79 Å². The first kappa shape index (κ1) is 21.4. The maximum atomic E-state index is 12.8. The zero-order valence-electron chi connectivity index (χ0n) is 14.9. The second kappa shape index (κ2) is 8.39. The van der Waals surface area contributed by atoms with Gasteiger partial charge in [-0.15, -0.1) is 12.4 Å². The Morgan fingerprint density at radius 3 is 2.33 bits per heavy atom. The highest BCUT2D eigenvalue weighted by atomic mass is 35.5. The Balaban J connectivity index is 0.00000261. The Morgan fingerprint density at radius 2 is 1.78 bits per heavy atom. The van der Waals surface area contributed by atoms with E-state index in [1.54, 1.807) is 0 Å². The highest BCUT2D eigenvalue weighted by Crippen LogP contribution is 2.31. The van der Waals surface area contributed by atoms with Gasteiger partial charge in [0.05, 0.1) is 16.5 Å². The molecule has 146 valence electrons. The number of rotatable bonds is 4. The van der Waals surface area contributed by atoms with Crippen molar-refractivity contribution in [3.8, 4) is 0 Å². The molecule has 0 spiro atoms. The molecule has 1 saturated heterocycles. The normalized spacial score (nSPS) is 22.5. The van der Waals surface area contributed by atoms with Crippen LogP contribution in [0.1, 0.15) is 22.3 Å². The second-order valence-electron chi connectivity index (χ2n) is 6.56. The summed E-state index contributed by atoms with van der Waals surface area (Å²) in [5.74, 6) is -0.352. The third-order valence-electron chi connectivity index (χ3n) is 4.77. The minimum absolute atomic E-state index is 0. The maximum absolute atomic E-state index is 12.8. The van der Waals surface area contributed by atoms with Gasteiger partial charge in [0.2, 0.25) is 0 Å². The van der Waals surface area contributed by atoms with Gasteiger partial charge in [-0.05, 0) is 42.8 Å². The van der Waals surface area contributed by atoms with Gasteiger partial charge in [0, 0.05) is 18.4 Å². The molecule has 0 bridgehead atoms. The average molecular weight is 411 g/mol. The molecule has 2 aromatic rings. The van der Waals surface area contributed by atoms with Crippen molar-refractivity contribution in [3.63, 3.8) is 0 Å². The molecule has 1 fully saturated rings.